The Bertz CT molecular complexity index is 1560. The Morgan fingerprint density at radius 3 is 2.51 bits per heavy atom. The lowest BCUT2D eigenvalue weighted by atomic mass is 10.0. The Hall–Kier alpha value is -3.62. The number of hydrogen-bond acceptors (Lipinski definition) is 6. The SMILES string of the molecule is CC(Sc1nnc(-c2cc(-c3ccc(Cl)cc3)nc3ccccc23)o1)C(=O)c1ccc(F)c(F)c1. The highest BCUT2D eigenvalue weighted by atomic mass is 35.5. The van der Waals surface area contributed by atoms with Crippen molar-refractivity contribution in [3.05, 3.63) is 95.0 Å². The Morgan fingerprint density at radius 2 is 1.74 bits per heavy atom. The molecular formula is C26H16ClF2N3O2S. The molecule has 0 aliphatic rings. The van der Waals surface area contributed by atoms with Crippen molar-refractivity contribution in [3.8, 4) is 22.7 Å². The molecule has 0 fully saturated rings. The number of thioether (sulfide) groups is 1. The summed E-state index contributed by atoms with van der Waals surface area (Å²) in [6, 6.07) is 19.9. The van der Waals surface area contributed by atoms with Gasteiger partial charge in [0.2, 0.25) is 5.89 Å². The quantitative estimate of drug-likeness (QED) is 0.178. The minimum atomic E-state index is -1.07. The largest absolute Gasteiger partial charge is 0.411 e. The van der Waals surface area contributed by atoms with Crippen LogP contribution in [0.1, 0.15) is 17.3 Å². The normalized spacial score (nSPS) is 12.1. The molecule has 0 N–H and O–H groups in total. The third-order valence-electron chi connectivity index (χ3n) is 5.34. The fraction of sp³-hybridized carbons (Fsp3) is 0.0769. The fourth-order valence-electron chi connectivity index (χ4n) is 3.58. The third-order valence-corrected chi connectivity index (χ3v) is 6.53. The Morgan fingerprint density at radius 1 is 0.971 bits per heavy atom. The van der Waals surface area contributed by atoms with Crippen LogP contribution in [0.15, 0.2) is 82.4 Å². The van der Waals surface area contributed by atoms with Crippen LogP contribution in [0.3, 0.4) is 0 Å². The highest BCUT2D eigenvalue weighted by Crippen LogP contribution is 2.34. The Labute approximate surface area is 208 Å². The van der Waals surface area contributed by atoms with Gasteiger partial charge in [-0.05, 0) is 49.4 Å². The number of fused-ring (bicyclic) bond motifs is 1. The average molecular weight is 508 g/mol. The Balaban J connectivity index is 1.46. The molecule has 2 heterocycles. The molecule has 9 heteroatoms. The van der Waals surface area contributed by atoms with Gasteiger partial charge in [0.1, 0.15) is 0 Å². The molecule has 5 rings (SSSR count). The van der Waals surface area contributed by atoms with Gasteiger partial charge in [-0.1, -0.05) is 53.7 Å². The number of halogens is 3. The van der Waals surface area contributed by atoms with Gasteiger partial charge in [-0.15, -0.1) is 10.2 Å². The number of hydrogen-bond donors (Lipinski definition) is 0. The number of carbonyl (C=O) groups excluding carboxylic acids is 1. The predicted octanol–water partition coefficient (Wildman–Crippen LogP) is 7.25. The summed E-state index contributed by atoms with van der Waals surface area (Å²) in [5, 5.41) is 9.25. The standard InChI is InChI=1S/C26H16ClF2N3O2S/c1-14(24(33)16-8-11-20(28)21(29)12-16)35-26-32-31-25(34-26)19-13-23(15-6-9-17(27)10-7-15)30-22-5-3-2-4-18(19)22/h2-14H,1H3. The summed E-state index contributed by atoms with van der Waals surface area (Å²) in [6.07, 6.45) is 0. The average Bonchev–Trinajstić information content (AvgIpc) is 3.33. The lowest BCUT2D eigenvalue weighted by Gasteiger charge is -2.08. The molecule has 0 bridgehead atoms. The zero-order valence-electron chi connectivity index (χ0n) is 18.2. The van der Waals surface area contributed by atoms with Crippen LogP contribution in [0.5, 0.6) is 0 Å². The van der Waals surface area contributed by atoms with E-state index in [0.29, 0.717) is 16.3 Å². The molecule has 0 aliphatic carbocycles. The summed E-state index contributed by atoms with van der Waals surface area (Å²) in [7, 11) is 0. The molecule has 5 aromatic rings. The number of ketones is 1. The van der Waals surface area contributed by atoms with Crippen molar-refractivity contribution >= 4 is 40.0 Å². The second kappa shape index (κ2) is 9.56. The Kier molecular flexibility index (Phi) is 6.32. The van der Waals surface area contributed by atoms with E-state index < -0.39 is 16.9 Å². The number of nitrogens with zero attached hydrogens (tertiary/aromatic N) is 3. The van der Waals surface area contributed by atoms with Gasteiger partial charge in [0.05, 0.1) is 22.0 Å². The maximum atomic E-state index is 13.5. The van der Waals surface area contributed by atoms with E-state index in [4.69, 9.17) is 21.0 Å². The van der Waals surface area contributed by atoms with E-state index in [1.165, 1.54) is 6.07 Å². The molecule has 1 atom stereocenters. The van der Waals surface area contributed by atoms with E-state index in [9.17, 15) is 13.6 Å². The van der Waals surface area contributed by atoms with Crippen molar-refractivity contribution < 1.29 is 18.0 Å². The summed E-state index contributed by atoms with van der Waals surface area (Å²) in [5.74, 6) is -2.19. The van der Waals surface area contributed by atoms with Crippen molar-refractivity contribution in [2.75, 3.05) is 0 Å². The van der Waals surface area contributed by atoms with Crippen molar-refractivity contribution in [2.24, 2.45) is 0 Å². The summed E-state index contributed by atoms with van der Waals surface area (Å²) in [6.45, 7) is 1.64. The molecular weight excluding hydrogens is 492 g/mol. The molecule has 0 spiro atoms. The molecule has 5 nitrogen and oxygen atoms in total. The molecule has 35 heavy (non-hydrogen) atoms. The minimum absolute atomic E-state index is 0.0661. The van der Waals surface area contributed by atoms with Gasteiger partial charge < -0.3 is 4.42 Å². The van der Waals surface area contributed by atoms with E-state index in [1.807, 2.05) is 42.5 Å². The molecule has 0 saturated heterocycles. The monoisotopic (exact) mass is 507 g/mol. The smallest absolute Gasteiger partial charge is 0.277 e. The van der Waals surface area contributed by atoms with Crippen molar-refractivity contribution in [1.29, 1.82) is 0 Å². The number of rotatable bonds is 6. The molecule has 0 radical (unpaired) electrons. The van der Waals surface area contributed by atoms with Crippen LogP contribution in [0, 0.1) is 11.6 Å². The highest BCUT2D eigenvalue weighted by Gasteiger charge is 2.22. The summed E-state index contributed by atoms with van der Waals surface area (Å²) in [4.78, 5) is 17.4. The van der Waals surface area contributed by atoms with Crippen LogP contribution in [-0.2, 0) is 0 Å². The number of pyridine rings is 1. The number of aromatic nitrogens is 3. The number of para-hydroxylation sites is 1. The van der Waals surface area contributed by atoms with Gasteiger partial charge in [0, 0.05) is 21.5 Å². The fourth-order valence-corrected chi connectivity index (χ4v) is 4.46. The van der Waals surface area contributed by atoms with Crippen LogP contribution in [-0.4, -0.2) is 26.2 Å². The van der Waals surface area contributed by atoms with Crippen LogP contribution in [0.2, 0.25) is 5.02 Å². The second-order valence-electron chi connectivity index (χ2n) is 7.71. The first-order valence-electron chi connectivity index (χ1n) is 10.5. The van der Waals surface area contributed by atoms with Crippen molar-refractivity contribution in [2.45, 2.75) is 17.4 Å². The number of carbonyl (C=O) groups is 1. The minimum Gasteiger partial charge on any atom is -0.411 e. The molecule has 0 amide bonds. The molecule has 0 aliphatic heterocycles. The molecule has 0 saturated carbocycles. The van der Waals surface area contributed by atoms with Gasteiger partial charge >= 0.3 is 0 Å². The van der Waals surface area contributed by atoms with E-state index in [1.54, 1.807) is 19.1 Å². The van der Waals surface area contributed by atoms with Gasteiger partial charge in [-0.2, -0.15) is 0 Å². The topological polar surface area (TPSA) is 68.9 Å². The van der Waals surface area contributed by atoms with E-state index in [2.05, 4.69) is 10.2 Å². The summed E-state index contributed by atoms with van der Waals surface area (Å²) < 4.78 is 32.6. The van der Waals surface area contributed by atoms with Crippen LogP contribution in [0.4, 0.5) is 8.78 Å². The van der Waals surface area contributed by atoms with Crippen LogP contribution < -0.4 is 0 Å². The lowest BCUT2D eigenvalue weighted by Crippen LogP contribution is -2.14. The first kappa shape index (κ1) is 23.1. The number of benzene rings is 3. The number of Topliss-reactive ketones (excluding diaryl/α,β-unsaturated/α-hetero) is 1. The zero-order valence-corrected chi connectivity index (χ0v) is 19.8. The van der Waals surface area contributed by atoms with Crippen LogP contribution in [0.25, 0.3) is 33.6 Å². The molecule has 1 unspecified atom stereocenters. The van der Waals surface area contributed by atoms with E-state index in [-0.39, 0.29) is 22.5 Å². The molecule has 174 valence electrons. The van der Waals surface area contributed by atoms with Gasteiger partial charge in [0.15, 0.2) is 17.4 Å². The van der Waals surface area contributed by atoms with Crippen LogP contribution >= 0.6 is 23.4 Å². The van der Waals surface area contributed by atoms with Gasteiger partial charge in [-0.3, -0.25) is 4.79 Å². The summed E-state index contributed by atoms with van der Waals surface area (Å²) >= 11 is 7.07. The van der Waals surface area contributed by atoms with E-state index >= 15 is 0 Å². The predicted molar refractivity (Wildman–Crippen MR) is 131 cm³/mol. The molecule has 2 aromatic heterocycles. The maximum absolute atomic E-state index is 13.5. The highest BCUT2D eigenvalue weighted by molar-refractivity contribution is 8.00. The first-order valence-corrected chi connectivity index (χ1v) is 11.8. The zero-order chi connectivity index (χ0) is 24.5. The lowest BCUT2D eigenvalue weighted by molar-refractivity contribution is 0.0993. The second-order valence-corrected chi connectivity index (χ2v) is 9.43. The van der Waals surface area contributed by atoms with Gasteiger partial charge in [0.25, 0.3) is 5.22 Å². The van der Waals surface area contributed by atoms with Crippen molar-refractivity contribution in [3.63, 3.8) is 0 Å². The maximum Gasteiger partial charge on any atom is 0.277 e. The first-order chi connectivity index (χ1) is 16.9. The third kappa shape index (κ3) is 4.80. The molecule has 3 aromatic carbocycles. The van der Waals surface area contributed by atoms with E-state index in [0.717, 1.165) is 40.4 Å². The summed E-state index contributed by atoms with van der Waals surface area (Å²) in [5.41, 5.74) is 3.10. The van der Waals surface area contributed by atoms with Gasteiger partial charge in [-0.25, -0.2) is 13.8 Å². The van der Waals surface area contributed by atoms with Crippen molar-refractivity contribution in [1.82, 2.24) is 15.2 Å².